The first-order valence-corrected chi connectivity index (χ1v) is 6.84. The fourth-order valence-electron chi connectivity index (χ4n) is 2.24. The predicted molar refractivity (Wildman–Crippen MR) is 65.1 cm³/mol. The van der Waals surface area contributed by atoms with E-state index in [2.05, 4.69) is 17.3 Å². The van der Waals surface area contributed by atoms with Crippen molar-refractivity contribution in [1.29, 1.82) is 0 Å². The van der Waals surface area contributed by atoms with E-state index in [0.717, 1.165) is 12.3 Å². The lowest BCUT2D eigenvalue weighted by Gasteiger charge is -2.25. The van der Waals surface area contributed by atoms with Gasteiger partial charge in [-0.1, -0.05) is 6.92 Å². The van der Waals surface area contributed by atoms with Crippen LogP contribution in [0.25, 0.3) is 0 Å². The van der Waals surface area contributed by atoms with Crippen LogP contribution in [0.1, 0.15) is 43.3 Å². The Kier molecular flexibility index (Phi) is 3.76. The second-order valence-corrected chi connectivity index (χ2v) is 5.51. The lowest BCUT2D eigenvalue weighted by atomic mass is 9.85. The summed E-state index contributed by atoms with van der Waals surface area (Å²) in [5.74, 6) is 0.834. The molecule has 15 heavy (non-hydrogen) atoms. The summed E-state index contributed by atoms with van der Waals surface area (Å²) in [5.41, 5.74) is 7.16. The summed E-state index contributed by atoms with van der Waals surface area (Å²) in [6, 6.07) is 0.462. The molecule has 0 spiro atoms. The van der Waals surface area contributed by atoms with Crippen molar-refractivity contribution in [3.05, 3.63) is 16.1 Å². The van der Waals surface area contributed by atoms with Gasteiger partial charge in [-0.25, -0.2) is 4.98 Å². The molecule has 2 rings (SSSR count). The zero-order chi connectivity index (χ0) is 10.7. The highest BCUT2D eigenvalue weighted by atomic mass is 32.1. The molecule has 2 nitrogen and oxygen atoms in total. The van der Waals surface area contributed by atoms with Gasteiger partial charge < -0.3 is 5.73 Å². The van der Waals surface area contributed by atoms with Gasteiger partial charge >= 0.3 is 0 Å². The fourth-order valence-corrected chi connectivity index (χ4v) is 3.24. The van der Waals surface area contributed by atoms with E-state index < -0.39 is 0 Å². The number of nitrogens with two attached hydrogens (primary N) is 1. The van der Waals surface area contributed by atoms with Crippen molar-refractivity contribution in [1.82, 2.24) is 4.98 Å². The molecule has 0 bridgehead atoms. The minimum atomic E-state index is 0.462. The van der Waals surface area contributed by atoms with Crippen LogP contribution in [-0.4, -0.2) is 11.0 Å². The van der Waals surface area contributed by atoms with Crippen LogP contribution in [0.3, 0.4) is 0 Å². The van der Waals surface area contributed by atoms with Crippen LogP contribution in [0.2, 0.25) is 0 Å². The van der Waals surface area contributed by atoms with Crippen LogP contribution in [0.4, 0.5) is 0 Å². The third-order valence-corrected chi connectivity index (χ3v) is 4.24. The largest absolute Gasteiger partial charge is 0.328 e. The second-order valence-electron chi connectivity index (χ2n) is 4.57. The Labute approximate surface area is 95.9 Å². The van der Waals surface area contributed by atoms with E-state index >= 15 is 0 Å². The van der Waals surface area contributed by atoms with Crippen LogP contribution < -0.4 is 5.73 Å². The van der Waals surface area contributed by atoms with Crippen LogP contribution in [0.5, 0.6) is 0 Å². The summed E-state index contributed by atoms with van der Waals surface area (Å²) in [7, 11) is 0. The van der Waals surface area contributed by atoms with Crippen molar-refractivity contribution in [2.75, 3.05) is 0 Å². The molecule has 0 amide bonds. The molecule has 1 heterocycles. The van der Waals surface area contributed by atoms with Crippen LogP contribution in [0.15, 0.2) is 5.38 Å². The lowest BCUT2D eigenvalue weighted by molar-refractivity contribution is 0.324. The van der Waals surface area contributed by atoms with Gasteiger partial charge in [0.25, 0.3) is 0 Å². The summed E-state index contributed by atoms with van der Waals surface area (Å²) in [5, 5.41) is 3.52. The Hall–Kier alpha value is -0.410. The van der Waals surface area contributed by atoms with Crippen LogP contribution in [-0.2, 0) is 12.8 Å². The van der Waals surface area contributed by atoms with Crippen molar-refractivity contribution in [2.24, 2.45) is 11.7 Å². The molecule has 1 fully saturated rings. The molecule has 3 heteroatoms. The average Bonchev–Trinajstić information content (AvgIpc) is 2.69. The molecule has 0 radical (unpaired) electrons. The molecule has 0 unspecified atom stereocenters. The fraction of sp³-hybridized carbons (Fsp3) is 0.750. The van der Waals surface area contributed by atoms with Gasteiger partial charge in [-0.2, -0.15) is 0 Å². The maximum atomic E-state index is 5.90. The molecule has 2 N–H and O–H groups in total. The van der Waals surface area contributed by atoms with Gasteiger partial charge in [0, 0.05) is 17.8 Å². The predicted octanol–water partition coefficient (Wildman–Crippen LogP) is 2.77. The molecular formula is C12H20N2S. The smallest absolute Gasteiger partial charge is 0.0930 e. The molecule has 84 valence electrons. The SMILES string of the molecule is CCc1csc(CC2CCC(N)CC2)n1. The van der Waals surface area contributed by atoms with Gasteiger partial charge in [0.05, 0.1) is 10.7 Å². The third kappa shape index (κ3) is 3.02. The molecule has 1 saturated carbocycles. The summed E-state index contributed by atoms with van der Waals surface area (Å²) in [6.07, 6.45) is 7.24. The minimum Gasteiger partial charge on any atom is -0.328 e. The van der Waals surface area contributed by atoms with Crippen molar-refractivity contribution < 1.29 is 0 Å². The zero-order valence-electron chi connectivity index (χ0n) is 9.41. The first kappa shape index (κ1) is 11.1. The molecule has 1 aromatic rings. The number of aryl methyl sites for hydroxylation is 1. The summed E-state index contributed by atoms with van der Waals surface area (Å²) < 4.78 is 0. The van der Waals surface area contributed by atoms with Crippen molar-refractivity contribution >= 4 is 11.3 Å². The summed E-state index contributed by atoms with van der Waals surface area (Å²) >= 11 is 1.83. The number of rotatable bonds is 3. The quantitative estimate of drug-likeness (QED) is 0.857. The van der Waals surface area contributed by atoms with E-state index in [9.17, 15) is 0 Å². The monoisotopic (exact) mass is 224 g/mol. The van der Waals surface area contributed by atoms with Crippen molar-refractivity contribution in [3.63, 3.8) is 0 Å². The normalized spacial score (nSPS) is 26.8. The highest BCUT2D eigenvalue weighted by Gasteiger charge is 2.19. The Morgan fingerprint density at radius 1 is 1.40 bits per heavy atom. The molecule has 1 aliphatic rings. The summed E-state index contributed by atoms with van der Waals surface area (Å²) in [4.78, 5) is 4.63. The lowest BCUT2D eigenvalue weighted by Crippen LogP contribution is -2.27. The van der Waals surface area contributed by atoms with Gasteiger partial charge in [-0.3, -0.25) is 0 Å². The number of hydrogen-bond donors (Lipinski definition) is 1. The van der Waals surface area contributed by atoms with E-state index in [4.69, 9.17) is 5.73 Å². The topological polar surface area (TPSA) is 38.9 Å². The van der Waals surface area contributed by atoms with Gasteiger partial charge in [0.2, 0.25) is 0 Å². The molecular weight excluding hydrogens is 204 g/mol. The molecule has 0 atom stereocenters. The first-order valence-electron chi connectivity index (χ1n) is 5.96. The first-order chi connectivity index (χ1) is 7.28. The Morgan fingerprint density at radius 3 is 2.73 bits per heavy atom. The van der Waals surface area contributed by atoms with E-state index in [0.29, 0.717) is 6.04 Å². The van der Waals surface area contributed by atoms with Crippen LogP contribution in [0, 0.1) is 5.92 Å². The second kappa shape index (κ2) is 5.08. The van der Waals surface area contributed by atoms with Crippen molar-refractivity contribution in [3.8, 4) is 0 Å². The number of nitrogens with zero attached hydrogens (tertiary/aromatic N) is 1. The molecule has 0 aliphatic heterocycles. The Balaban J connectivity index is 1.86. The highest BCUT2D eigenvalue weighted by molar-refractivity contribution is 7.09. The van der Waals surface area contributed by atoms with E-state index in [1.807, 2.05) is 11.3 Å². The number of thiazole rings is 1. The van der Waals surface area contributed by atoms with E-state index in [-0.39, 0.29) is 0 Å². The molecule has 0 saturated heterocycles. The van der Waals surface area contributed by atoms with Gasteiger partial charge in [-0.15, -0.1) is 11.3 Å². The summed E-state index contributed by atoms with van der Waals surface area (Å²) in [6.45, 7) is 2.17. The average molecular weight is 224 g/mol. The van der Waals surface area contributed by atoms with Gasteiger partial charge in [0.1, 0.15) is 0 Å². The maximum absolute atomic E-state index is 5.90. The van der Waals surface area contributed by atoms with Crippen LogP contribution >= 0.6 is 11.3 Å². The van der Waals surface area contributed by atoms with Gasteiger partial charge in [-0.05, 0) is 38.0 Å². The number of aromatic nitrogens is 1. The minimum absolute atomic E-state index is 0.462. The maximum Gasteiger partial charge on any atom is 0.0930 e. The molecule has 0 aromatic carbocycles. The number of hydrogen-bond acceptors (Lipinski definition) is 3. The molecule has 1 aliphatic carbocycles. The third-order valence-electron chi connectivity index (χ3n) is 3.32. The van der Waals surface area contributed by atoms with E-state index in [1.54, 1.807) is 0 Å². The molecule has 1 aromatic heterocycles. The Morgan fingerprint density at radius 2 is 2.13 bits per heavy atom. The standard InChI is InChI=1S/C12H20N2S/c1-2-11-8-15-12(14-11)7-9-3-5-10(13)6-4-9/h8-10H,2-7,13H2,1H3. The van der Waals surface area contributed by atoms with Gasteiger partial charge in [0.15, 0.2) is 0 Å². The van der Waals surface area contributed by atoms with E-state index in [1.165, 1.54) is 42.8 Å². The zero-order valence-corrected chi connectivity index (χ0v) is 10.2. The van der Waals surface area contributed by atoms with Crippen molar-refractivity contribution in [2.45, 2.75) is 51.5 Å². The highest BCUT2D eigenvalue weighted by Crippen LogP contribution is 2.27. The Bertz CT molecular complexity index is 300.